The summed E-state index contributed by atoms with van der Waals surface area (Å²) in [6, 6.07) is 12.2. The third kappa shape index (κ3) is 3.23. The summed E-state index contributed by atoms with van der Waals surface area (Å²) in [6.45, 7) is 4.62. The van der Waals surface area contributed by atoms with E-state index in [1.54, 1.807) is 0 Å². The average molecular weight is 339 g/mol. The van der Waals surface area contributed by atoms with E-state index >= 15 is 0 Å². The third-order valence-corrected chi connectivity index (χ3v) is 5.65. The molecule has 3 aromatic rings. The first-order valence-corrected chi connectivity index (χ1v) is 9.29. The Morgan fingerprint density at radius 3 is 2.79 bits per heavy atom. The van der Waals surface area contributed by atoms with Crippen LogP contribution in [0.1, 0.15) is 15.2 Å². The van der Waals surface area contributed by atoms with E-state index in [-0.39, 0.29) is 5.91 Å². The first-order valence-electron chi connectivity index (χ1n) is 8.41. The topological polar surface area (TPSA) is 39.3 Å². The van der Waals surface area contributed by atoms with E-state index in [2.05, 4.69) is 27.4 Å². The van der Waals surface area contributed by atoms with Crippen molar-refractivity contribution in [2.75, 3.05) is 32.7 Å². The zero-order valence-electron chi connectivity index (χ0n) is 13.6. The van der Waals surface area contributed by atoms with Crippen LogP contribution >= 0.6 is 11.3 Å². The van der Waals surface area contributed by atoms with Crippen molar-refractivity contribution in [3.8, 4) is 0 Å². The lowest BCUT2D eigenvalue weighted by molar-refractivity contribution is 0.0639. The van der Waals surface area contributed by atoms with Crippen molar-refractivity contribution >= 4 is 28.1 Å². The lowest BCUT2D eigenvalue weighted by Crippen LogP contribution is -2.49. The Morgan fingerprint density at radius 2 is 2.00 bits per heavy atom. The van der Waals surface area contributed by atoms with E-state index in [1.807, 2.05) is 46.7 Å². The second-order valence-electron chi connectivity index (χ2n) is 6.24. The Bertz CT molecular complexity index is 816. The van der Waals surface area contributed by atoms with Crippen molar-refractivity contribution in [3.05, 3.63) is 58.4 Å². The first-order chi connectivity index (χ1) is 11.8. The van der Waals surface area contributed by atoms with Crippen molar-refractivity contribution in [2.24, 2.45) is 0 Å². The van der Waals surface area contributed by atoms with E-state index < -0.39 is 0 Å². The minimum atomic E-state index is 0.143. The molecule has 5 heteroatoms. The van der Waals surface area contributed by atoms with Gasteiger partial charge in [0.2, 0.25) is 0 Å². The van der Waals surface area contributed by atoms with E-state index in [9.17, 15) is 4.79 Å². The number of hydrogen-bond donors (Lipinski definition) is 1. The number of aromatic nitrogens is 1. The number of aromatic amines is 1. The maximum Gasteiger partial charge on any atom is 0.254 e. The Morgan fingerprint density at radius 1 is 1.12 bits per heavy atom. The molecule has 0 unspecified atom stereocenters. The summed E-state index contributed by atoms with van der Waals surface area (Å²) < 4.78 is 0. The summed E-state index contributed by atoms with van der Waals surface area (Å²) in [7, 11) is 0. The normalized spacial score (nSPS) is 15.9. The van der Waals surface area contributed by atoms with Crippen LogP contribution in [0.3, 0.4) is 0 Å². The molecule has 0 spiro atoms. The lowest BCUT2D eigenvalue weighted by atomic mass is 10.1. The number of thiophene rings is 1. The maximum absolute atomic E-state index is 12.7. The summed E-state index contributed by atoms with van der Waals surface area (Å²) in [5, 5.41) is 3.28. The number of amides is 1. The van der Waals surface area contributed by atoms with Gasteiger partial charge in [0.25, 0.3) is 5.91 Å². The molecular weight excluding hydrogens is 318 g/mol. The molecule has 24 heavy (non-hydrogen) atoms. The molecule has 3 heterocycles. The first kappa shape index (κ1) is 15.4. The highest BCUT2D eigenvalue weighted by atomic mass is 32.1. The molecule has 1 aromatic carbocycles. The number of nitrogens with zero attached hydrogens (tertiary/aromatic N) is 2. The standard InChI is InChI=1S/C19H21N3OS/c23-19(16-4-3-15-5-7-20-18(15)14-16)22-11-9-21(10-12-22)8-6-17-2-1-13-24-17/h1-5,7,13-14,20H,6,8-12H2. The van der Waals surface area contributed by atoms with Crippen molar-refractivity contribution in [1.82, 2.24) is 14.8 Å². The number of nitrogens with one attached hydrogen (secondary N) is 1. The van der Waals surface area contributed by atoms with Gasteiger partial charge in [-0.25, -0.2) is 0 Å². The highest BCUT2D eigenvalue weighted by Gasteiger charge is 2.22. The maximum atomic E-state index is 12.7. The van der Waals surface area contributed by atoms with Gasteiger partial charge in [0.1, 0.15) is 0 Å². The van der Waals surface area contributed by atoms with Crippen LogP contribution in [0.2, 0.25) is 0 Å². The second-order valence-corrected chi connectivity index (χ2v) is 7.28. The van der Waals surface area contributed by atoms with E-state index in [0.29, 0.717) is 0 Å². The zero-order valence-corrected chi connectivity index (χ0v) is 14.4. The number of hydrogen-bond acceptors (Lipinski definition) is 3. The van der Waals surface area contributed by atoms with Gasteiger partial charge >= 0.3 is 0 Å². The number of rotatable bonds is 4. The molecule has 0 radical (unpaired) electrons. The lowest BCUT2D eigenvalue weighted by Gasteiger charge is -2.34. The van der Waals surface area contributed by atoms with Crippen molar-refractivity contribution in [2.45, 2.75) is 6.42 Å². The fourth-order valence-corrected chi connectivity index (χ4v) is 3.96. The largest absolute Gasteiger partial charge is 0.361 e. The predicted octanol–water partition coefficient (Wildman–Crippen LogP) is 3.23. The molecule has 4 nitrogen and oxygen atoms in total. The van der Waals surface area contributed by atoms with Crippen LogP contribution in [0, 0.1) is 0 Å². The Hall–Kier alpha value is -2.11. The fourth-order valence-electron chi connectivity index (χ4n) is 3.26. The van der Waals surface area contributed by atoms with Crippen LogP contribution in [0.5, 0.6) is 0 Å². The second kappa shape index (κ2) is 6.79. The summed E-state index contributed by atoms with van der Waals surface area (Å²) >= 11 is 1.82. The third-order valence-electron chi connectivity index (χ3n) is 4.72. The van der Waals surface area contributed by atoms with Crippen LogP contribution < -0.4 is 0 Å². The van der Waals surface area contributed by atoms with E-state index in [1.165, 1.54) is 4.88 Å². The summed E-state index contributed by atoms with van der Waals surface area (Å²) in [5.74, 6) is 0.143. The smallest absolute Gasteiger partial charge is 0.254 e. The van der Waals surface area contributed by atoms with Crippen LogP contribution in [-0.2, 0) is 6.42 Å². The molecule has 2 aromatic heterocycles. The molecule has 1 saturated heterocycles. The van der Waals surface area contributed by atoms with Crippen molar-refractivity contribution in [3.63, 3.8) is 0 Å². The molecule has 1 aliphatic heterocycles. The average Bonchev–Trinajstić information content (AvgIpc) is 3.30. The van der Waals surface area contributed by atoms with Crippen molar-refractivity contribution in [1.29, 1.82) is 0 Å². The Balaban J connectivity index is 1.33. The van der Waals surface area contributed by atoms with Gasteiger partial charge in [-0.15, -0.1) is 11.3 Å². The molecule has 0 aliphatic carbocycles. The number of carbonyl (C=O) groups is 1. The van der Waals surface area contributed by atoms with Gasteiger partial charge in [0.15, 0.2) is 0 Å². The molecule has 0 atom stereocenters. The SMILES string of the molecule is O=C(c1ccc2cc[nH]c2c1)N1CCN(CCc2cccs2)CC1. The molecule has 0 bridgehead atoms. The van der Waals surface area contributed by atoms with E-state index in [0.717, 1.165) is 55.6 Å². The summed E-state index contributed by atoms with van der Waals surface area (Å²) in [5.41, 5.74) is 1.80. The van der Waals surface area contributed by atoms with Gasteiger partial charge in [-0.3, -0.25) is 9.69 Å². The van der Waals surface area contributed by atoms with Crippen LogP contribution in [-0.4, -0.2) is 53.4 Å². The highest BCUT2D eigenvalue weighted by molar-refractivity contribution is 7.09. The minimum absolute atomic E-state index is 0.143. The molecule has 124 valence electrons. The summed E-state index contributed by atoms with van der Waals surface area (Å²) in [4.78, 5) is 21.8. The monoisotopic (exact) mass is 339 g/mol. The van der Waals surface area contributed by atoms with Gasteiger partial charge in [-0.05, 0) is 41.5 Å². The fraction of sp³-hybridized carbons (Fsp3) is 0.316. The van der Waals surface area contributed by atoms with Crippen LogP contribution in [0.25, 0.3) is 10.9 Å². The highest BCUT2D eigenvalue weighted by Crippen LogP contribution is 2.17. The van der Waals surface area contributed by atoms with Crippen LogP contribution in [0.15, 0.2) is 48.0 Å². The van der Waals surface area contributed by atoms with Gasteiger partial charge in [0.05, 0.1) is 0 Å². The van der Waals surface area contributed by atoms with Gasteiger partial charge in [-0.2, -0.15) is 0 Å². The van der Waals surface area contributed by atoms with Crippen molar-refractivity contribution < 1.29 is 4.79 Å². The number of carbonyl (C=O) groups excluding carboxylic acids is 1. The quantitative estimate of drug-likeness (QED) is 0.793. The molecule has 1 amide bonds. The zero-order chi connectivity index (χ0) is 16.4. The molecule has 1 N–H and O–H groups in total. The van der Waals surface area contributed by atoms with Gasteiger partial charge < -0.3 is 9.88 Å². The molecule has 1 fully saturated rings. The summed E-state index contributed by atoms with van der Waals surface area (Å²) in [6.07, 6.45) is 3.01. The number of benzene rings is 1. The van der Waals surface area contributed by atoms with Gasteiger partial charge in [-0.1, -0.05) is 12.1 Å². The number of piperazine rings is 1. The molecule has 4 rings (SSSR count). The Kier molecular flexibility index (Phi) is 4.36. The predicted molar refractivity (Wildman–Crippen MR) is 98.7 cm³/mol. The van der Waals surface area contributed by atoms with E-state index in [4.69, 9.17) is 0 Å². The minimum Gasteiger partial charge on any atom is -0.361 e. The van der Waals surface area contributed by atoms with Gasteiger partial charge in [0, 0.05) is 54.9 Å². The Labute approximate surface area is 145 Å². The number of fused-ring (bicyclic) bond motifs is 1. The van der Waals surface area contributed by atoms with Crippen LogP contribution in [0.4, 0.5) is 0 Å². The molecule has 1 aliphatic rings. The molecule has 0 saturated carbocycles. The number of H-pyrrole nitrogens is 1. The molecular formula is C19H21N3OS.